The molecule has 38 heavy (non-hydrogen) atoms. The van der Waals surface area contributed by atoms with Gasteiger partial charge in [-0.15, -0.1) is 0 Å². The second-order valence-corrected chi connectivity index (χ2v) is 9.96. The van der Waals surface area contributed by atoms with Gasteiger partial charge in [-0.05, 0) is 70.8 Å². The molecule has 2 heterocycles. The van der Waals surface area contributed by atoms with Gasteiger partial charge in [-0.3, -0.25) is 4.98 Å². The molecule has 2 aromatic heterocycles. The third-order valence-corrected chi connectivity index (χ3v) is 7.32. The van der Waals surface area contributed by atoms with Crippen molar-refractivity contribution in [3.05, 3.63) is 147 Å². The van der Waals surface area contributed by atoms with E-state index in [0.717, 1.165) is 44.4 Å². The molecule has 0 aliphatic heterocycles. The Morgan fingerprint density at radius 1 is 0.868 bits per heavy atom. The molecule has 188 valence electrons. The molecule has 0 radical (unpaired) electrons. The van der Waals surface area contributed by atoms with Crippen molar-refractivity contribution in [1.82, 2.24) is 9.97 Å². The zero-order chi connectivity index (χ0) is 26.5. The average Bonchev–Trinajstić information content (AvgIpc) is 2.94. The Balaban J connectivity index is 1.53. The third kappa shape index (κ3) is 5.73. The number of hydrogen-bond acceptors (Lipinski definition) is 4. The van der Waals surface area contributed by atoms with E-state index in [4.69, 9.17) is 40.2 Å². The summed E-state index contributed by atoms with van der Waals surface area (Å²) in [6.45, 7) is 0. The van der Waals surface area contributed by atoms with Gasteiger partial charge in [-0.1, -0.05) is 71.2 Å². The number of halogens is 3. The van der Waals surface area contributed by atoms with Gasteiger partial charge in [0.2, 0.25) is 0 Å². The quantitative estimate of drug-likeness (QED) is 0.148. The van der Waals surface area contributed by atoms with Gasteiger partial charge in [-0.2, -0.15) is 0 Å². The summed E-state index contributed by atoms with van der Waals surface area (Å²) in [6.07, 6.45) is 8.75. The second-order valence-electron chi connectivity index (χ2n) is 8.79. The fourth-order valence-electron chi connectivity index (χ4n) is 4.48. The maximum absolute atomic E-state index is 7.07. The van der Waals surface area contributed by atoms with Crippen LogP contribution in [0.5, 0.6) is 0 Å². The van der Waals surface area contributed by atoms with E-state index in [-0.39, 0.29) is 5.92 Å². The molecule has 2 N–H and O–H groups in total. The predicted molar refractivity (Wildman–Crippen MR) is 159 cm³/mol. The summed E-state index contributed by atoms with van der Waals surface area (Å²) in [5.74, 6) is -0.0534. The highest BCUT2D eigenvalue weighted by molar-refractivity contribution is 6.39. The first-order valence-corrected chi connectivity index (χ1v) is 13.1. The Labute approximate surface area is 236 Å². The van der Waals surface area contributed by atoms with Gasteiger partial charge in [0.25, 0.3) is 0 Å². The molecular weight excluding hydrogens is 535 g/mol. The monoisotopic (exact) mass is 556 g/mol. The van der Waals surface area contributed by atoms with E-state index >= 15 is 0 Å². The maximum Gasteiger partial charge on any atom is 0.134 e. The summed E-state index contributed by atoms with van der Waals surface area (Å²) >= 11 is 19.8. The van der Waals surface area contributed by atoms with Crippen LogP contribution in [0.1, 0.15) is 33.7 Å². The lowest BCUT2D eigenvalue weighted by Crippen LogP contribution is -2.04. The van der Waals surface area contributed by atoms with Crippen molar-refractivity contribution in [2.45, 2.75) is 12.3 Å². The lowest BCUT2D eigenvalue weighted by molar-refractivity contribution is 0.965. The second kappa shape index (κ2) is 11.8. The molecule has 3 aromatic carbocycles. The van der Waals surface area contributed by atoms with E-state index in [2.05, 4.69) is 33.5 Å². The average molecular weight is 558 g/mol. The number of pyridine rings is 2. The first kappa shape index (κ1) is 25.9. The summed E-state index contributed by atoms with van der Waals surface area (Å²) in [6, 6.07) is 26.0. The number of nitrogens with zero attached hydrogens (tertiary/aromatic N) is 2. The van der Waals surface area contributed by atoms with Gasteiger partial charge in [0.05, 0.1) is 10.5 Å². The van der Waals surface area contributed by atoms with Crippen molar-refractivity contribution in [2.24, 2.45) is 0 Å². The van der Waals surface area contributed by atoms with Crippen LogP contribution in [-0.2, 0) is 6.42 Å². The summed E-state index contributed by atoms with van der Waals surface area (Å²) in [4.78, 5) is 9.02. The van der Waals surface area contributed by atoms with Gasteiger partial charge in [-0.25, -0.2) is 4.98 Å². The molecule has 5 rings (SSSR count). The predicted octanol–water partition coefficient (Wildman–Crippen LogP) is 8.94. The number of nitrogens with one attached hydrogen (secondary N) is 2. The first-order chi connectivity index (χ1) is 18.5. The smallest absolute Gasteiger partial charge is 0.134 e. The van der Waals surface area contributed by atoms with Gasteiger partial charge >= 0.3 is 0 Å². The highest BCUT2D eigenvalue weighted by Crippen LogP contribution is 2.38. The minimum atomic E-state index is -0.0534. The molecule has 5 aromatic rings. The molecule has 0 saturated carbocycles. The first-order valence-electron chi connectivity index (χ1n) is 12.0. The highest BCUT2D eigenvalue weighted by atomic mass is 35.5. The van der Waals surface area contributed by atoms with E-state index in [1.807, 2.05) is 66.9 Å². The van der Waals surface area contributed by atoms with Gasteiger partial charge in [0, 0.05) is 58.8 Å². The molecule has 1 unspecified atom stereocenters. The normalized spacial score (nSPS) is 12.1. The Kier molecular flexibility index (Phi) is 8.04. The molecule has 0 bridgehead atoms. The van der Waals surface area contributed by atoms with Crippen molar-refractivity contribution >= 4 is 57.6 Å². The topological polar surface area (TPSA) is 61.7 Å². The molecule has 7 heteroatoms. The largest absolute Gasteiger partial charge is 0.362 e. The number of benzene rings is 3. The molecule has 0 saturated heterocycles. The van der Waals surface area contributed by atoms with Crippen LogP contribution in [0.4, 0.5) is 5.69 Å². The number of aromatic nitrogens is 2. The molecule has 0 aliphatic rings. The van der Waals surface area contributed by atoms with E-state index in [1.54, 1.807) is 18.5 Å². The molecule has 0 fully saturated rings. The Bertz CT molecular complexity index is 1600. The number of anilines is 1. The summed E-state index contributed by atoms with van der Waals surface area (Å²) in [7, 11) is 0. The highest BCUT2D eigenvalue weighted by Gasteiger charge is 2.20. The third-order valence-electron chi connectivity index (χ3n) is 6.32. The zero-order valence-electron chi connectivity index (χ0n) is 20.2. The summed E-state index contributed by atoms with van der Waals surface area (Å²) in [5, 5.41) is 12.7. The van der Waals surface area contributed by atoms with Gasteiger partial charge in [0.15, 0.2) is 0 Å². The number of hydrogen-bond donors (Lipinski definition) is 2. The van der Waals surface area contributed by atoms with Crippen LogP contribution in [0, 0.1) is 5.41 Å². The van der Waals surface area contributed by atoms with Crippen molar-refractivity contribution in [1.29, 1.82) is 5.41 Å². The Hall–Kier alpha value is -3.70. The SMILES string of the molecule is N=C/C=C\Nc1ccc(Cc2c(Cl)nc3ccc(C(c4ccc(Cl)cc4)c4cccnc4)cc3c2Cl)cc1. The van der Waals surface area contributed by atoms with Crippen LogP contribution in [0.15, 0.2) is 104 Å². The molecule has 0 spiro atoms. The zero-order valence-corrected chi connectivity index (χ0v) is 22.5. The lowest BCUT2D eigenvalue weighted by atomic mass is 9.85. The fourth-order valence-corrected chi connectivity index (χ4v) is 5.21. The van der Waals surface area contributed by atoms with E-state index < -0.39 is 0 Å². The van der Waals surface area contributed by atoms with E-state index in [1.165, 1.54) is 6.21 Å². The van der Waals surface area contributed by atoms with Crippen LogP contribution in [-0.4, -0.2) is 16.2 Å². The van der Waals surface area contributed by atoms with Gasteiger partial charge < -0.3 is 10.7 Å². The minimum absolute atomic E-state index is 0.0534. The lowest BCUT2D eigenvalue weighted by Gasteiger charge is -2.20. The van der Waals surface area contributed by atoms with E-state index in [0.29, 0.717) is 21.6 Å². The van der Waals surface area contributed by atoms with E-state index in [9.17, 15) is 0 Å². The van der Waals surface area contributed by atoms with Crippen LogP contribution < -0.4 is 5.32 Å². The molecule has 0 aliphatic carbocycles. The van der Waals surface area contributed by atoms with Crippen molar-refractivity contribution < 1.29 is 0 Å². The van der Waals surface area contributed by atoms with Crippen LogP contribution in [0.3, 0.4) is 0 Å². The molecule has 1 atom stereocenters. The molecule has 4 nitrogen and oxygen atoms in total. The minimum Gasteiger partial charge on any atom is -0.362 e. The summed E-state index contributed by atoms with van der Waals surface area (Å²) in [5.41, 5.74) is 6.74. The Morgan fingerprint density at radius 2 is 1.63 bits per heavy atom. The molecular formula is C31H23Cl3N4. The number of rotatable bonds is 8. The number of allylic oxidation sites excluding steroid dienone is 1. The van der Waals surface area contributed by atoms with Crippen molar-refractivity contribution in [3.8, 4) is 0 Å². The van der Waals surface area contributed by atoms with Crippen LogP contribution in [0.2, 0.25) is 15.2 Å². The van der Waals surface area contributed by atoms with Crippen LogP contribution >= 0.6 is 34.8 Å². The van der Waals surface area contributed by atoms with Crippen molar-refractivity contribution in [2.75, 3.05) is 5.32 Å². The fraction of sp³-hybridized carbons (Fsp3) is 0.0645. The Morgan fingerprint density at radius 3 is 2.34 bits per heavy atom. The number of fused-ring (bicyclic) bond motifs is 1. The van der Waals surface area contributed by atoms with Crippen molar-refractivity contribution in [3.63, 3.8) is 0 Å². The maximum atomic E-state index is 7.07. The standard InChI is InChI=1S/C31H23Cl3N4/c32-24-9-6-21(7-10-24)29(23-3-1-15-36-19-23)22-8-13-28-26(18-22)30(33)27(31(34)38-28)17-20-4-11-25(12-5-20)37-16-2-14-35/h1-16,18-19,29,35,37H,17H2/b16-2-,35-14?. The summed E-state index contributed by atoms with van der Waals surface area (Å²) < 4.78 is 0. The molecule has 0 amide bonds. The van der Waals surface area contributed by atoms with Gasteiger partial charge in [0.1, 0.15) is 5.15 Å². The van der Waals surface area contributed by atoms with Crippen LogP contribution in [0.25, 0.3) is 10.9 Å².